The summed E-state index contributed by atoms with van der Waals surface area (Å²) in [5.74, 6) is 6.21. The molecular formula is C9H16N2O2. The molecule has 0 radical (unpaired) electrons. The molecule has 1 aromatic heterocycles. The lowest BCUT2D eigenvalue weighted by Gasteiger charge is -2.30. The summed E-state index contributed by atoms with van der Waals surface area (Å²) in [4.78, 5) is 0. The number of hydrogen-bond acceptors (Lipinski definition) is 4. The molecular weight excluding hydrogens is 168 g/mol. The molecule has 0 amide bonds. The van der Waals surface area contributed by atoms with E-state index < -0.39 is 5.60 Å². The van der Waals surface area contributed by atoms with Gasteiger partial charge in [-0.1, -0.05) is 0 Å². The number of furan rings is 1. The number of nitrogens with two attached hydrogens (primary N) is 1. The summed E-state index contributed by atoms with van der Waals surface area (Å²) in [5, 5.41) is 0. The third-order valence-electron chi connectivity index (χ3n) is 2.22. The summed E-state index contributed by atoms with van der Waals surface area (Å²) in [6.07, 6.45) is 1.62. The summed E-state index contributed by atoms with van der Waals surface area (Å²) in [5.41, 5.74) is 2.28. The quantitative estimate of drug-likeness (QED) is 0.545. The molecule has 1 heterocycles. The van der Waals surface area contributed by atoms with E-state index in [1.165, 1.54) is 0 Å². The van der Waals surface area contributed by atoms with Crippen molar-refractivity contribution in [1.82, 2.24) is 5.43 Å². The van der Waals surface area contributed by atoms with Crippen molar-refractivity contribution in [1.29, 1.82) is 0 Å². The Labute approximate surface area is 78.0 Å². The first kappa shape index (κ1) is 10.2. The topological polar surface area (TPSA) is 60.4 Å². The summed E-state index contributed by atoms with van der Waals surface area (Å²) in [6.45, 7) is 3.89. The lowest BCUT2D eigenvalue weighted by Crippen LogP contribution is -2.43. The first-order valence-electron chi connectivity index (χ1n) is 4.16. The third-order valence-corrected chi connectivity index (χ3v) is 2.22. The fraction of sp³-hybridized carbons (Fsp3) is 0.556. The Balaban J connectivity index is 2.86. The van der Waals surface area contributed by atoms with Crippen LogP contribution in [0.3, 0.4) is 0 Å². The summed E-state index contributed by atoms with van der Waals surface area (Å²) in [6, 6.07) is 3.55. The maximum atomic E-state index is 5.44. The Hall–Kier alpha value is -0.840. The van der Waals surface area contributed by atoms with Crippen LogP contribution in [0.15, 0.2) is 22.8 Å². The Morgan fingerprint density at radius 2 is 2.31 bits per heavy atom. The van der Waals surface area contributed by atoms with E-state index in [2.05, 4.69) is 5.43 Å². The van der Waals surface area contributed by atoms with Crippen LogP contribution in [0.1, 0.15) is 25.6 Å². The number of rotatable bonds is 4. The minimum atomic E-state index is -0.396. The van der Waals surface area contributed by atoms with Crippen LogP contribution in [0.5, 0.6) is 0 Å². The van der Waals surface area contributed by atoms with Gasteiger partial charge in [-0.2, -0.15) is 0 Å². The molecule has 0 aromatic carbocycles. The van der Waals surface area contributed by atoms with Crippen LogP contribution in [0.25, 0.3) is 0 Å². The predicted octanol–water partition coefficient (Wildman–Crippen LogP) is 1.21. The van der Waals surface area contributed by atoms with Crippen molar-refractivity contribution < 1.29 is 9.15 Å². The van der Waals surface area contributed by atoms with Gasteiger partial charge in [-0.15, -0.1) is 0 Å². The van der Waals surface area contributed by atoms with E-state index >= 15 is 0 Å². The number of hydrazine groups is 1. The van der Waals surface area contributed by atoms with Gasteiger partial charge in [0.05, 0.1) is 11.9 Å². The van der Waals surface area contributed by atoms with Gasteiger partial charge in [0.25, 0.3) is 0 Å². The zero-order chi connectivity index (χ0) is 9.90. The van der Waals surface area contributed by atoms with Crippen molar-refractivity contribution in [3.8, 4) is 0 Å². The van der Waals surface area contributed by atoms with Crippen LogP contribution in [-0.4, -0.2) is 12.7 Å². The van der Waals surface area contributed by atoms with Crippen LogP contribution >= 0.6 is 0 Å². The smallest absolute Gasteiger partial charge is 0.124 e. The highest BCUT2D eigenvalue weighted by atomic mass is 16.5. The maximum absolute atomic E-state index is 5.44. The lowest BCUT2D eigenvalue weighted by atomic mass is 9.97. The van der Waals surface area contributed by atoms with Crippen molar-refractivity contribution >= 4 is 0 Å². The highest BCUT2D eigenvalue weighted by Gasteiger charge is 2.31. The molecule has 0 bridgehead atoms. The van der Waals surface area contributed by atoms with Crippen LogP contribution < -0.4 is 11.3 Å². The summed E-state index contributed by atoms with van der Waals surface area (Å²) < 4.78 is 10.6. The van der Waals surface area contributed by atoms with Gasteiger partial charge in [-0.3, -0.25) is 5.84 Å². The average molecular weight is 184 g/mol. The van der Waals surface area contributed by atoms with Gasteiger partial charge < -0.3 is 9.15 Å². The molecule has 13 heavy (non-hydrogen) atoms. The van der Waals surface area contributed by atoms with Crippen molar-refractivity contribution in [2.45, 2.75) is 25.5 Å². The van der Waals surface area contributed by atoms with E-state index in [4.69, 9.17) is 15.0 Å². The van der Waals surface area contributed by atoms with E-state index in [0.717, 1.165) is 5.76 Å². The molecule has 0 aliphatic carbocycles. The van der Waals surface area contributed by atoms with Crippen LogP contribution in [-0.2, 0) is 4.74 Å². The second-order valence-electron chi connectivity index (χ2n) is 3.42. The zero-order valence-electron chi connectivity index (χ0n) is 8.20. The summed E-state index contributed by atoms with van der Waals surface area (Å²) >= 11 is 0. The Morgan fingerprint density at radius 1 is 1.62 bits per heavy atom. The molecule has 74 valence electrons. The average Bonchev–Trinajstić information content (AvgIpc) is 2.58. The van der Waals surface area contributed by atoms with E-state index in [0.29, 0.717) is 0 Å². The molecule has 0 saturated heterocycles. The molecule has 4 nitrogen and oxygen atoms in total. The zero-order valence-corrected chi connectivity index (χ0v) is 8.20. The molecule has 1 unspecified atom stereocenters. The molecule has 3 N–H and O–H groups in total. The fourth-order valence-corrected chi connectivity index (χ4v) is 1.20. The van der Waals surface area contributed by atoms with Gasteiger partial charge in [0.1, 0.15) is 11.8 Å². The Morgan fingerprint density at radius 3 is 2.69 bits per heavy atom. The Kier molecular flexibility index (Phi) is 3.08. The molecule has 0 fully saturated rings. The fourth-order valence-electron chi connectivity index (χ4n) is 1.20. The van der Waals surface area contributed by atoms with Crippen molar-refractivity contribution in [3.63, 3.8) is 0 Å². The first-order valence-corrected chi connectivity index (χ1v) is 4.16. The number of methoxy groups -OCH3 is 1. The van der Waals surface area contributed by atoms with E-state index in [-0.39, 0.29) is 6.04 Å². The molecule has 1 atom stereocenters. The third kappa shape index (κ3) is 2.09. The van der Waals surface area contributed by atoms with E-state index in [9.17, 15) is 0 Å². The molecule has 1 rings (SSSR count). The van der Waals surface area contributed by atoms with E-state index in [1.807, 2.05) is 26.0 Å². The molecule has 0 aliphatic rings. The van der Waals surface area contributed by atoms with Crippen molar-refractivity contribution in [2.24, 2.45) is 5.84 Å². The molecule has 0 spiro atoms. The number of ether oxygens (including phenoxy) is 1. The first-order chi connectivity index (χ1) is 6.11. The van der Waals surface area contributed by atoms with Gasteiger partial charge >= 0.3 is 0 Å². The molecule has 1 aromatic rings. The largest absolute Gasteiger partial charge is 0.468 e. The van der Waals surface area contributed by atoms with Crippen LogP contribution in [0.4, 0.5) is 0 Å². The second-order valence-corrected chi connectivity index (χ2v) is 3.42. The van der Waals surface area contributed by atoms with Gasteiger partial charge in [0.15, 0.2) is 0 Å². The molecule has 0 aliphatic heterocycles. The normalized spacial score (nSPS) is 14.5. The standard InChI is InChI=1S/C9H16N2O2/c1-9(2,12-3)8(11-10)7-5-4-6-13-7/h4-6,8,11H,10H2,1-3H3. The number of hydrogen-bond donors (Lipinski definition) is 2. The van der Waals surface area contributed by atoms with Gasteiger partial charge in [0.2, 0.25) is 0 Å². The monoisotopic (exact) mass is 184 g/mol. The predicted molar refractivity (Wildman–Crippen MR) is 49.9 cm³/mol. The molecule has 0 saturated carbocycles. The van der Waals surface area contributed by atoms with Crippen LogP contribution in [0.2, 0.25) is 0 Å². The second kappa shape index (κ2) is 3.91. The Bertz CT molecular complexity index is 244. The highest BCUT2D eigenvalue weighted by Crippen LogP contribution is 2.27. The number of nitrogens with one attached hydrogen (secondary N) is 1. The van der Waals surface area contributed by atoms with Crippen molar-refractivity contribution in [2.75, 3.05) is 7.11 Å². The lowest BCUT2D eigenvalue weighted by molar-refractivity contribution is -0.0169. The minimum Gasteiger partial charge on any atom is -0.468 e. The van der Waals surface area contributed by atoms with Gasteiger partial charge in [-0.25, -0.2) is 5.43 Å². The SMILES string of the molecule is COC(C)(C)C(NN)c1ccco1. The highest BCUT2D eigenvalue weighted by molar-refractivity contribution is 5.08. The summed E-state index contributed by atoms with van der Waals surface area (Å²) in [7, 11) is 1.65. The van der Waals surface area contributed by atoms with Gasteiger partial charge in [-0.05, 0) is 26.0 Å². The maximum Gasteiger partial charge on any atom is 0.124 e. The van der Waals surface area contributed by atoms with Crippen molar-refractivity contribution in [3.05, 3.63) is 24.2 Å². The van der Waals surface area contributed by atoms with E-state index in [1.54, 1.807) is 13.4 Å². The van der Waals surface area contributed by atoms with Gasteiger partial charge in [0, 0.05) is 7.11 Å². The molecule has 4 heteroatoms. The minimum absolute atomic E-state index is 0.146. The van der Waals surface area contributed by atoms with Crippen LogP contribution in [0, 0.1) is 0 Å².